The van der Waals surface area contributed by atoms with Gasteiger partial charge < -0.3 is 45.4 Å². The second-order valence-electron chi connectivity index (χ2n) is 16.7. The van der Waals surface area contributed by atoms with E-state index in [9.17, 15) is 35.4 Å². The molecular formula is C45H89NO9. The second-order valence-corrected chi connectivity index (χ2v) is 16.7. The van der Waals surface area contributed by atoms with E-state index in [2.05, 4.69) is 19.2 Å². The van der Waals surface area contributed by atoms with Gasteiger partial charge in [-0.2, -0.15) is 0 Å². The highest BCUT2D eigenvalue weighted by Crippen LogP contribution is 2.23. The average Bonchev–Trinajstić information content (AvgIpc) is 3.18. The van der Waals surface area contributed by atoms with E-state index in [-0.39, 0.29) is 6.61 Å². The van der Waals surface area contributed by atoms with Crippen molar-refractivity contribution in [3.05, 3.63) is 0 Å². The van der Waals surface area contributed by atoms with Gasteiger partial charge in [0.05, 0.1) is 25.4 Å². The van der Waals surface area contributed by atoms with Gasteiger partial charge in [-0.25, -0.2) is 0 Å². The number of hydrogen-bond acceptors (Lipinski definition) is 9. The van der Waals surface area contributed by atoms with Crippen molar-refractivity contribution in [3.63, 3.8) is 0 Å². The van der Waals surface area contributed by atoms with E-state index in [1.165, 1.54) is 148 Å². The summed E-state index contributed by atoms with van der Waals surface area (Å²) >= 11 is 0. The van der Waals surface area contributed by atoms with Crippen molar-refractivity contribution in [2.75, 3.05) is 13.2 Å². The second kappa shape index (κ2) is 36.2. The summed E-state index contributed by atoms with van der Waals surface area (Å²) in [5, 5.41) is 64.8. The summed E-state index contributed by atoms with van der Waals surface area (Å²) in [6.45, 7) is 3.67. The Hall–Kier alpha value is -0.850. The Balaban J connectivity index is 2.36. The Labute approximate surface area is 336 Å². The number of unbranched alkanes of at least 4 members (excludes halogenated alkanes) is 28. The third kappa shape index (κ3) is 26.7. The zero-order valence-electron chi connectivity index (χ0n) is 35.6. The molecule has 1 aliphatic rings. The van der Waals surface area contributed by atoms with E-state index in [1.807, 2.05) is 0 Å². The molecule has 55 heavy (non-hydrogen) atoms. The number of carbonyl (C=O) groups excluding carboxylic acids is 1. The van der Waals surface area contributed by atoms with Crippen LogP contribution in [-0.2, 0) is 14.3 Å². The van der Waals surface area contributed by atoms with Gasteiger partial charge >= 0.3 is 0 Å². The van der Waals surface area contributed by atoms with Gasteiger partial charge in [0.15, 0.2) is 6.29 Å². The highest BCUT2D eigenvalue weighted by atomic mass is 16.7. The maximum absolute atomic E-state index is 13.0. The van der Waals surface area contributed by atoms with Gasteiger partial charge in [-0.15, -0.1) is 0 Å². The Morgan fingerprint density at radius 3 is 1.29 bits per heavy atom. The highest BCUT2D eigenvalue weighted by molar-refractivity contribution is 5.80. The summed E-state index contributed by atoms with van der Waals surface area (Å²) < 4.78 is 11.2. The molecule has 0 spiro atoms. The standard InChI is InChI=1S/C45H89NO9/c1-3-5-7-9-11-13-15-17-18-19-20-22-24-26-28-30-32-34-39(49)44(53)46-37(36-54-45-43(52)42(51)41(50)40(35-47)55-45)38(48)33-31-29-27-25-23-21-16-14-12-10-8-6-4-2/h37-43,45,47-52H,3-36H2,1-2H3,(H,46,53). The van der Waals surface area contributed by atoms with E-state index < -0.39 is 61.5 Å². The van der Waals surface area contributed by atoms with Crippen molar-refractivity contribution in [3.8, 4) is 0 Å². The number of aliphatic hydroxyl groups is 6. The minimum Gasteiger partial charge on any atom is -0.394 e. The van der Waals surface area contributed by atoms with E-state index >= 15 is 0 Å². The zero-order valence-corrected chi connectivity index (χ0v) is 35.6. The quantitative estimate of drug-likeness (QED) is 0.0302. The average molecular weight is 788 g/mol. The van der Waals surface area contributed by atoms with Crippen LogP contribution in [-0.4, -0.2) is 98.7 Å². The normalized spacial score (nSPS) is 21.8. The molecule has 1 amide bonds. The predicted octanol–water partition coefficient (Wildman–Crippen LogP) is 8.53. The lowest BCUT2D eigenvalue weighted by molar-refractivity contribution is -0.302. The Bertz CT molecular complexity index is 849. The molecule has 10 heteroatoms. The molecule has 328 valence electrons. The summed E-state index contributed by atoms with van der Waals surface area (Å²) in [7, 11) is 0. The highest BCUT2D eigenvalue weighted by Gasteiger charge is 2.44. The molecule has 1 saturated heterocycles. The van der Waals surface area contributed by atoms with Gasteiger partial charge in [0.2, 0.25) is 5.91 Å². The molecule has 7 N–H and O–H groups in total. The molecule has 0 aliphatic carbocycles. The summed E-state index contributed by atoms with van der Waals surface area (Å²) in [5.74, 6) is -0.580. The molecule has 1 heterocycles. The van der Waals surface area contributed by atoms with Crippen LogP contribution in [0, 0.1) is 0 Å². The number of ether oxygens (including phenoxy) is 2. The fourth-order valence-corrected chi connectivity index (χ4v) is 7.70. The number of hydrogen-bond donors (Lipinski definition) is 7. The monoisotopic (exact) mass is 788 g/mol. The van der Waals surface area contributed by atoms with Crippen LogP contribution in [0.15, 0.2) is 0 Å². The third-order valence-electron chi connectivity index (χ3n) is 11.6. The van der Waals surface area contributed by atoms with Crippen molar-refractivity contribution >= 4 is 5.91 Å². The molecule has 0 aromatic rings. The first-order valence-corrected chi connectivity index (χ1v) is 23.3. The molecule has 8 atom stereocenters. The zero-order chi connectivity index (χ0) is 40.4. The largest absolute Gasteiger partial charge is 0.394 e. The van der Waals surface area contributed by atoms with Crippen LogP contribution in [0.5, 0.6) is 0 Å². The Kier molecular flexibility index (Phi) is 34.4. The first-order chi connectivity index (χ1) is 26.8. The smallest absolute Gasteiger partial charge is 0.249 e. The summed E-state index contributed by atoms with van der Waals surface area (Å²) in [6.07, 6.45) is 28.6. The molecule has 1 rings (SSSR count). The fourth-order valence-electron chi connectivity index (χ4n) is 7.70. The fraction of sp³-hybridized carbons (Fsp3) is 0.978. The van der Waals surface area contributed by atoms with Crippen molar-refractivity contribution in [2.24, 2.45) is 0 Å². The van der Waals surface area contributed by atoms with Crippen LogP contribution in [0.25, 0.3) is 0 Å². The molecule has 1 aliphatic heterocycles. The van der Waals surface area contributed by atoms with Crippen LogP contribution >= 0.6 is 0 Å². The van der Waals surface area contributed by atoms with E-state index in [4.69, 9.17) is 9.47 Å². The topological polar surface area (TPSA) is 169 Å². The summed E-state index contributed by atoms with van der Waals surface area (Å²) in [4.78, 5) is 13.0. The molecule has 0 saturated carbocycles. The van der Waals surface area contributed by atoms with Crippen LogP contribution in [0.4, 0.5) is 0 Å². The van der Waals surface area contributed by atoms with Gasteiger partial charge in [0.25, 0.3) is 0 Å². The van der Waals surface area contributed by atoms with Gasteiger partial charge in [-0.1, -0.05) is 206 Å². The minimum atomic E-state index is -1.59. The van der Waals surface area contributed by atoms with Gasteiger partial charge in [0, 0.05) is 0 Å². The number of aliphatic hydroxyl groups excluding tert-OH is 6. The third-order valence-corrected chi connectivity index (χ3v) is 11.6. The van der Waals surface area contributed by atoms with Crippen LogP contribution in [0.3, 0.4) is 0 Å². The first-order valence-electron chi connectivity index (χ1n) is 23.3. The molecule has 8 unspecified atom stereocenters. The lowest BCUT2D eigenvalue weighted by Gasteiger charge is -2.40. The maximum atomic E-state index is 13.0. The van der Waals surface area contributed by atoms with Crippen molar-refractivity contribution < 1.29 is 44.9 Å². The Morgan fingerprint density at radius 2 is 0.909 bits per heavy atom. The van der Waals surface area contributed by atoms with Crippen LogP contribution in [0.2, 0.25) is 0 Å². The lowest BCUT2D eigenvalue weighted by atomic mass is 9.99. The molecule has 0 bridgehead atoms. The van der Waals surface area contributed by atoms with Crippen LogP contribution in [0.1, 0.15) is 219 Å². The summed E-state index contributed by atoms with van der Waals surface area (Å²) in [6, 6.07) is -0.887. The molecule has 0 aromatic heterocycles. The van der Waals surface area contributed by atoms with Crippen LogP contribution < -0.4 is 5.32 Å². The number of rotatable bonds is 39. The Morgan fingerprint density at radius 1 is 0.545 bits per heavy atom. The lowest BCUT2D eigenvalue weighted by Crippen LogP contribution is -2.60. The minimum absolute atomic E-state index is 0.250. The predicted molar refractivity (Wildman–Crippen MR) is 223 cm³/mol. The van der Waals surface area contributed by atoms with Gasteiger partial charge in [-0.3, -0.25) is 4.79 Å². The first kappa shape index (κ1) is 52.2. The van der Waals surface area contributed by atoms with Crippen molar-refractivity contribution in [2.45, 2.75) is 268 Å². The molecule has 0 aromatic carbocycles. The van der Waals surface area contributed by atoms with Gasteiger partial charge in [-0.05, 0) is 12.8 Å². The maximum Gasteiger partial charge on any atom is 0.249 e. The van der Waals surface area contributed by atoms with E-state index in [0.717, 1.165) is 44.9 Å². The number of nitrogens with one attached hydrogen (secondary N) is 1. The molecular weight excluding hydrogens is 698 g/mol. The van der Waals surface area contributed by atoms with Crippen molar-refractivity contribution in [1.82, 2.24) is 5.32 Å². The molecule has 1 fully saturated rings. The number of carbonyl (C=O) groups is 1. The molecule has 0 radical (unpaired) electrons. The SMILES string of the molecule is CCCCCCCCCCCCCCCCCCCC(O)C(=O)NC(COC1OC(CO)C(O)C(O)C1O)C(O)CCCCCCCCCCCCCCC. The van der Waals surface area contributed by atoms with Gasteiger partial charge in [0.1, 0.15) is 30.5 Å². The van der Waals surface area contributed by atoms with E-state index in [1.54, 1.807) is 0 Å². The summed E-state index contributed by atoms with van der Waals surface area (Å²) in [5.41, 5.74) is 0. The van der Waals surface area contributed by atoms with E-state index in [0.29, 0.717) is 12.8 Å². The van der Waals surface area contributed by atoms with Crippen molar-refractivity contribution in [1.29, 1.82) is 0 Å². The number of amides is 1. The molecule has 10 nitrogen and oxygen atoms in total.